The third-order valence-electron chi connectivity index (χ3n) is 4.83. The number of fused-ring (bicyclic) bond motifs is 1. The number of nitrogens with zero attached hydrogens (tertiary/aromatic N) is 3. The quantitative estimate of drug-likeness (QED) is 0.717. The molecule has 0 saturated carbocycles. The third kappa shape index (κ3) is 4.30. The number of hydrogen-bond acceptors (Lipinski definition) is 7. The predicted molar refractivity (Wildman–Crippen MR) is 114 cm³/mol. The Morgan fingerprint density at radius 3 is 2.73 bits per heavy atom. The van der Waals surface area contributed by atoms with E-state index in [-0.39, 0.29) is 16.8 Å². The maximum absolute atomic E-state index is 13.0. The Labute approximate surface area is 178 Å². The third-order valence-corrected chi connectivity index (χ3v) is 7.09. The van der Waals surface area contributed by atoms with Crippen LogP contribution in [0.15, 0.2) is 74.3 Å². The number of rotatable bonds is 6. The van der Waals surface area contributed by atoms with E-state index >= 15 is 0 Å². The molecule has 0 bridgehead atoms. The molecule has 0 amide bonds. The van der Waals surface area contributed by atoms with E-state index < -0.39 is 21.9 Å². The van der Waals surface area contributed by atoms with Crippen LogP contribution in [0.5, 0.6) is 0 Å². The molecule has 1 aromatic rings. The minimum absolute atomic E-state index is 0.108. The maximum Gasteiger partial charge on any atom is 0.282 e. The van der Waals surface area contributed by atoms with E-state index in [0.29, 0.717) is 28.8 Å². The van der Waals surface area contributed by atoms with Crippen LogP contribution in [-0.2, 0) is 19.6 Å². The fourth-order valence-corrected chi connectivity index (χ4v) is 5.35. The van der Waals surface area contributed by atoms with Gasteiger partial charge >= 0.3 is 0 Å². The van der Waals surface area contributed by atoms with Crippen molar-refractivity contribution in [1.29, 1.82) is 0 Å². The van der Waals surface area contributed by atoms with Crippen molar-refractivity contribution in [3.05, 3.63) is 64.7 Å². The summed E-state index contributed by atoms with van der Waals surface area (Å²) in [5.41, 5.74) is 0.319. The summed E-state index contributed by atoms with van der Waals surface area (Å²) in [4.78, 5) is 17.4. The highest BCUT2D eigenvalue weighted by Gasteiger charge is 2.37. The van der Waals surface area contributed by atoms with Gasteiger partial charge in [-0.1, -0.05) is 36.5 Å². The van der Waals surface area contributed by atoms with Crippen LogP contribution < -0.4 is 0 Å². The van der Waals surface area contributed by atoms with Crippen molar-refractivity contribution in [1.82, 2.24) is 15.2 Å². The van der Waals surface area contributed by atoms with Crippen LogP contribution >= 0.6 is 11.8 Å². The molecule has 3 unspecified atom stereocenters. The number of hydrogen-bond donors (Lipinski definition) is 1. The molecule has 156 valence electrons. The van der Waals surface area contributed by atoms with Gasteiger partial charge in [0.05, 0.1) is 27.5 Å². The first-order chi connectivity index (χ1) is 14.5. The number of allylic oxidation sites excluding steroid dienone is 7. The lowest BCUT2D eigenvalue weighted by Gasteiger charge is -2.28. The van der Waals surface area contributed by atoms with Gasteiger partial charge in [0.25, 0.3) is 10.0 Å². The Bertz CT molecular complexity index is 1110. The molecule has 3 aliphatic rings. The van der Waals surface area contributed by atoms with Gasteiger partial charge in [-0.2, -0.15) is 12.8 Å². The highest BCUT2D eigenvalue weighted by molar-refractivity contribution is 8.03. The lowest BCUT2D eigenvalue weighted by atomic mass is 9.78. The number of carbonyl (C=O) groups is 1. The van der Waals surface area contributed by atoms with Gasteiger partial charge in [0.2, 0.25) is 5.16 Å². The first-order valence-electron chi connectivity index (χ1n) is 9.47. The maximum atomic E-state index is 13.0. The molecular weight excluding hydrogens is 424 g/mol. The molecular formula is C20H20N4O4S2. The molecule has 3 aliphatic carbocycles. The first kappa shape index (κ1) is 20.7. The number of ether oxygens (including phenoxy) is 1. The number of aromatic nitrogens is 3. The van der Waals surface area contributed by atoms with Crippen molar-refractivity contribution >= 4 is 33.3 Å². The van der Waals surface area contributed by atoms with Crippen molar-refractivity contribution < 1.29 is 17.9 Å². The van der Waals surface area contributed by atoms with E-state index in [1.165, 1.54) is 18.5 Å². The van der Waals surface area contributed by atoms with Crippen molar-refractivity contribution in [3.8, 4) is 0 Å². The molecule has 1 N–H and O–H groups in total. The predicted octanol–water partition coefficient (Wildman–Crippen LogP) is 2.74. The Morgan fingerprint density at radius 2 is 2.07 bits per heavy atom. The summed E-state index contributed by atoms with van der Waals surface area (Å²) in [7, 11) is -3.93. The van der Waals surface area contributed by atoms with E-state index in [0.717, 1.165) is 11.8 Å². The monoisotopic (exact) mass is 444 g/mol. The Balaban J connectivity index is 1.68. The summed E-state index contributed by atoms with van der Waals surface area (Å²) in [6.07, 6.45) is 15.3. The second-order valence-electron chi connectivity index (χ2n) is 6.76. The lowest BCUT2D eigenvalue weighted by Crippen LogP contribution is -2.33. The summed E-state index contributed by atoms with van der Waals surface area (Å²) < 4.78 is 35.5. The number of sulfonamides is 1. The average molecular weight is 445 g/mol. The van der Waals surface area contributed by atoms with Gasteiger partial charge in [0.1, 0.15) is 6.33 Å². The zero-order valence-corrected chi connectivity index (χ0v) is 17.8. The van der Waals surface area contributed by atoms with Crippen LogP contribution in [-0.4, -0.2) is 47.8 Å². The summed E-state index contributed by atoms with van der Waals surface area (Å²) in [6, 6.07) is 0. The summed E-state index contributed by atoms with van der Waals surface area (Å²) >= 11 is 1.09. The molecule has 0 aliphatic heterocycles. The standard InChI is InChI=1S/C20H20N4O4S2/c1-2-28-13-7-9-14(10-8-13)30(26,27)24-17-11-18(29-20-21-12-22-23-20)19(25)16-6-4-3-5-15(16)17/h3-7,9-13,15-16H,2,8H2,1H3,(H,21,22,23)/b24-17-. The molecule has 3 atom stereocenters. The van der Waals surface area contributed by atoms with Crippen molar-refractivity contribution in [2.75, 3.05) is 6.61 Å². The van der Waals surface area contributed by atoms with Gasteiger partial charge in [-0.05, 0) is 37.3 Å². The molecule has 0 saturated heterocycles. The highest BCUT2D eigenvalue weighted by Crippen LogP contribution is 2.37. The fraction of sp³-hybridized carbons (Fsp3) is 0.300. The van der Waals surface area contributed by atoms with Gasteiger partial charge in [-0.15, -0.1) is 5.10 Å². The zero-order chi connectivity index (χ0) is 21.1. The zero-order valence-electron chi connectivity index (χ0n) is 16.1. The van der Waals surface area contributed by atoms with Crippen LogP contribution in [0.1, 0.15) is 13.3 Å². The van der Waals surface area contributed by atoms with E-state index in [1.54, 1.807) is 36.5 Å². The van der Waals surface area contributed by atoms with Gasteiger partial charge in [-0.3, -0.25) is 9.89 Å². The molecule has 4 rings (SSSR count). The molecule has 0 radical (unpaired) electrons. The molecule has 10 heteroatoms. The Hall–Kier alpha value is -2.56. The number of thioether (sulfide) groups is 1. The van der Waals surface area contributed by atoms with Gasteiger partial charge < -0.3 is 4.74 Å². The molecule has 30 heavy (non-hydrogen) atoms. The van der Waals surface area contributed by atoms with Gasteiger partial charge in [-0.25, -0.2) is 4.98 Å². The Kier molecular flexibility index (Phi) is 5.98. The van der Waals surface area contributed by atoms with Crippen LogP contribution in [0.2, 0.25) is 0 Å². The van der Waals surface area contributed by atoms with Crippen molar-refractivity contribution in [2.45, 2.75) is 24.6 Å². The first-order valence-corrected chi connectivity index (χ1v) is 11.7. The number of nitrogens with one attached hydrogen (secondary N) is 1. The van der Waals surface area contributed by atoms with Crippen molar-refractivity contribution in [2.24, 2.45) is 16.2 Å². The normalized spacial score (nSPS) is 27.2. The minimum atomic E-state index is -3.93. The number of Topliss-reactive ketones (excluding diaryl/α,β-unsaturated/α-hetero) is 1. The average Bonchev–Trinajstić information content (AvgIpc) is 3.25. The van der Waals surface area contributed by atoms with E-state index in [9.17, 15) is 13.2 Å². The van der Waals surface area contributed by atoms with E-state index in [2.05, 4.69) is 19.6 Å². The van der Waals surface area contributed by atoms with Gasteiger partial charge in [0, 0.05) is 12.5 Å². The number of H-pyrrole nitrogens is 1. The largest absolute Gasteiger partial charge is 0.374 e. The molecule has 1 heterocycles. The molecule has 1 aromatic heterocycles. The molecule has 0 spiro atoms. The highest BCUT2D eigenvalue weighted by atomic mass is 32.2. The summed E-state index contributed by atoms with van der Waals surface area (Å²) in [6.45, 7) is 2.45. The molecule has 0 aromatic carbocycles. The SMILES string of the molecule is CCOC1C=CC(S(=O)(=O)/N=C2/C=C(Sc3nc[nH]n3)C(=O)C3C=CC=CC23)=CC1. The lowest BCUT2D eigenvalue weighted by molar-refractivity contribution is -0.117. The molecule has 8 nitrogen and oxygen atoms in total. The van der Waals surface area contributed by atoms with Crippen LogP contribution in [0, 0.1) is 11.8 Å². The van der Waals surface area contributed by atoms with Crippen LogP contribution in [0.3, 0.4) is 0 Å². The fourth-order valence-electron chi connectivity index (χ4n) is 3.42. The smallest absolute Gasteiger partial charge is 0.282 e. The van der Waals surface area contributed by atoms with Gasteiger partial charge in [0.15, 0.2) is 5.78 Å². The number of aromatic amines is 1. The number of carbonyl (C=O) groups excluding carboxylic acids is 1. The van der Waals surface area contributed by atoms with Crippen molar-refractivity contribution in [3.63, 3.8) is 0 Å². The molecule has 0 fully saturated rings. The van der Waals surface area contributed by atoms with Crippen LogP contribution in [0.4, 0.5) is 0 Å². The van der Waals surface area contributed by atoms with Crippen LogP contribution in [0.25, 0.3) is 0 Å². The Morgan fingerprint density at radius 1 is 1.27 bits per heavy atom. The summed E-state index contributed by atoms with van der Waals surface area (Å²) in [5, 5.41) is 6.94. The minimum Gasteiger partial charge on any atom is -0.374 e. The second-order valence-corrected chi connectivity index (χ2v) is 9.38. The topological polar surface area (TPSA) is 114 Å². The second kappa shape index (κ2) is 8.66. The van der Waals surface area contributed by atoms with E-state index in [1.807, 2.05) is 6.92 Å². The van der Waals surface area contributed by atoms with E-state index in [4.69, 9.17) is 4.74 Å². The summed E-state index contributed by atoms with van der Waals surface area (Å²) in [5.74, 6) is -1.05. The number of ketones is 1.